The normalized spacial score (nSPS) is 14.9. The van der Waals surface area contributed by atoms with Crippen LogP contribution in [0.4, 0.5) is 0 Å². The van der Waals surface area contributed by atoms with E-state index in [4.69, 9.17) is 9.97 Å². The van der Waals surface area contributed by atoms with Crippen molar-refractivity contribution in [2.45, 2.75) is 60.3 Å². The summed E-state index contributed by atoms with van der Waals surface area (Å²) in [4.78, 5) is 9.91. The lowest BCUT2D eigenvalue weighted by Gasteiger charge is -2.36. The van der Waals surface area contributed by atoms with Gasteiger partial charge in [-0.25, -0.2) is 0 Å². The van der Waals surface area contributed by atoms with E-state index in [2.05, 4.69) is 84.9 Å². The molecule has 0 saturated carbocycles. The number of aromatic nitrogens is 2. The van der Waals surface area contributed by atoms with Gasteiger partial charge in [-0.05, 0) is 65.3 Å². The summed E-state index contributed by atoms with van der Waals surface area (Å²) in [6.45, 7) is 16.0. The van der Waals surface area contributed by atoms with Crippen molar-refractivity contribution in [1.82, 2.24) is 9.97 Å². The molecule has 2 heterocycles. The number of hydrogen-bond donors (Lipinski definition) is 0. The molecule has 1 aliphatic rings. The SMILES string of the molecule is Cc1cc(C)c2ccc3c(c2c1)C(C)(C)c1cc(CC(C)(C)C)nc2ccnc-3c12. The maximum absolute atomic E-state index is 5.05. The van der Waals surface area contributed by atoms with Crippen molar-refractivity contribution >= 4 is 21.7 Å². The van der Waals surface area contributed by atoms with Crippen molar-refractivity contribution in [2.75, 3.05) is 0 Å². The lowest BCUT2D eigenvalue weighted by atomic mass is 9.68. The molecule has 2 heteroatoms. The summed E-state index contributed by atoms with van der Waals surface area (Å²) >= 11 is 0. The minimum absolute atomic E-state index is 0.126. The molecule has 2 aromatic heterocycles. The highest BCUT2D eigenvalue weighted by Crippen LogP contribution is 2.50. The fourth-order valence-electron chi connectivity index (χ4n) is 5.37. The fraction of sp³-hybridized carbons (Fsp3) is 0.357. The van der Waals surface area contributed by atoms with Crippen LogP contribution in [-0.4, -0.2) is 9.97 Å². The Hall–Kier alpha value is -2.74. The number of pyridine rings is 2. The van der Waals surface area contributed by atoms with E-state index in [1.165, 1.54) is 49.7 Å². The second kappa shape index (κ2) is 6.14. The summed E-state index contributed by atoms with van der Waals surface area (Å²) in [6, 6.07) is 13.6. The maximum atomic E-state index is 5.05. The summed E-state index contributed by atoms with van der Waals surface area (Å²) in [5.41, 5.74) is 10.0. The summed E-state index contributed by atoms with van der Waals surface area (Å²) in [5.74, 6) is 0. The van der Waals surface area contributed by atoms with Crippen LogP contribution in [0.2, 0.25) is 0 Å². The Bertz CT molecular complexity index is 1340. The van der Waals surface area contributed by atoms with Crippen LogP contribution in [0.3, 0.4) is 0 Å². The molecule has 0 unspecified atom stereocenters. The zero-order valence-corrected chi connectivity index (χ0v) is 19.1. The van der Waals surface area contributed by atoms with Crippen LogP contribution in [0.25, 0.3) is 32.9 Å². The molecule has 152 valence electrons. The summed E-state index contributed by atoms with van der Waals surface area (Å²) in [7, 11) is 0. The van der Waals surface area contributed by atoms with Gasteiger partial charge in [0, 0.05) is 28.3 Å². The third-order valence-corrected chi connectivity index (χ3v) is 6.52. The minimum Gasteiger partial charge on any atom is -0.255 e. The average molecular weight is 395 g/mol. The number of fused-ring (bicyclic) bond motifs is 4. The van der Waals surface area contributed by atoms with Crippen molar-refractivity contribution < 1.29 is 0 Å². The van der Waals surface area contributed by atoms with Gasteiger partial charge < -0.3 is 0 Å². The zero-order valence-electron chi connectivity index (χ0n) is 19.1. The molecular formula is C28H30N2. The quantitative estimate of drug-likeness (QED) is 0.338. The van der Waals surface area contributed by atoms with Gasteiger partial charge in [0.1, 0.15) is 0 Å². The average Bonchev–Trinajstić information content (AvgIpc) is 2.63. The number of benzene rings is 2. The number of aryl methyl sites for hydroxylation is 2. The molecule has 4 aromatic rings. The Kier molecular flexibility index (Phi) is 3.93. The van der Waals surface area contributed by atoms with Crippen molar-refractivity contribution in [1.29, 1.82) is 0 Å². The van der Waals surface area contributed by atoms with E-state index in [1.807, 2.05) is 6.20 Å². The van der Waals surface area contributed by atoms with E-state index >= 15 is 0 Å². The van der Waals surface area contributed by atoms with Gasteiger partial charge in [-0.15, -0.1) is 0 Å². The number of rotatable bonds is 1. The third-order valence-electron chi connectivity index (χ3n) is 6.52. The van der Waals surface area contributed by atoms with Crippen molar-refractivity contribution in [2.24, 2.45) is 5.41 Å². The lowest BCUT2D eigenvalue weighted by Crippen LogP contribution is -2.26. The molecule has 0 aliphatic heterocycles. The zero-order chi connectivity index (χ0) is 21.4. The summed E-state index contributed by atoms with van der Waals surface area (Å²) in [6.07, 6.45) is 2.88. The first kappa shape index (κ1) is 19.2. The first-order valence-electron chi connectivity index (χ1n) is 10.9. The van der Waals surface area contributed by atoms with Gasteiger partial charge in [0.15, 0.2) is 0 Å². The van der Waals surface area contributed by atoms with Gasteiger partial charge in [-0.2, -0.15) is 0 Å². The van der Waals surface area contributed by atoms with Crippen LogP contribution in [0.15, 0.2) is 42.6 Å². The van der Waals surface area contributed by atoms with E-state index in [-0.39, 0.29) is 10.8 Å². The fourth-order valence-corrected chi connectivity index (χ4v) is 5.37. The molecule has 1 aliphatic carbocycles. The number of hydrogen-bond acceptors (Lipinski definition) is 2. The predicted molar refractivity (Wildman–Crippen MR) is 127 cm³/mol. The molecule has 30 heavy (non-hydrogen) atoms. The summed E-state index contributed by atoms with van der Waals surface area (Å²) in [5, 5.41) is 3.91. The molecule has 0 amide bonds. The van der Waals surface area contributed by atoms with Crippen LogP contribution in [0, 0.1) is 19.3 Å². The van der Waals surface area contributed by atoms with Gasteiger partial charge in [-0.3, -0.25) is 9.97 Å². The largest absolute Gasteiger partial charge is 0.255 e. The molecule has 0 radical (unpaired) electrons. The molecule has 0 bridgehead atoms. The molecule has 0 spiro atoms. The Morgan fingerprint density at radius 1 is 0.933 bits per heavy atom. The van der Waals surface area contributed by atoms with Crippen LogP contribution >= 0.6 is 0 Å². The third kappa shape index (κ3) is 2.77. The Morgan fingerprint density at radius 3 is 2.43 bits per heavy atom. The highest BCUT2D eigenvalue weighted by molar-refractivity contribution is 6.05. The van der Waals surface area contributed by atoms with E-state index < -0.39 is 0 Å². The molecule has 0 fully saturated rings. The first-order chi connectivity index (χ1) is 14.1. The monoisotopic (exact) mass is 394 g/mol. The molecule has 0 saturated heterocycles. The van der Waals surface area contributed by atoms with Gasteiger partial charge in [0.25, 0.3) is 0 Å². The van der Waals surface area contributed by atoms with Crippen molar-refractivity contribution in [3.05, 3.63) is 70.5 Å². The van der Waals surface area contributed by atoms with E-state index in [0.29, 0.717) is 0 Å². The number of nitrogens with zero attached hydrogens (tertiary/aromatic N) is 2. The first-order valence-corrected chi connectivity index (χ1v) is 10.9. The highest BCUT2D eigenvalue weighted by atomic mass is 14.8. The van der Waals surface area contributed by atoms with Gasteiger partial charge in [0.2, 0.25) is 0 Å². The molecule has 0 N–H and O–H groups in total. The van der Waals surface area contributed by atoms with Gasteiger partial charge >= 0.3 is 0 Å². The molecule has 5 rings (SSSR count). The maximum Gasteiger partial charge on any atom is 0.0802 e. The van der Waals surface area contributed by atoms with E-state index in [9.17, 15) is 0 Å². The van der Waals surface area contributed by atoms with Crippen molar-refractivity contribution in [3.8, 4) is 11.3 Å². The summed E-state index contributed by atoms with van der Waals surface area (Å²) < 4.78 is 0. The van der Waals surface area contributed by atoms with E-state index in [0.717, 1.165) is 17.6 Å². The Balaban J connectivity index is 1.92. The predicted octanol–water partition coefficient (Wildman–Crippen LogP) is 7.29. The highest BCUT2D eigenvalue weighted by Gasteiger charge is 2.36. The molecule has 2 aromatic carbocycles. The lowest BCUT2D eigenvalue weighted by molar-refractivity contribution is 0.406. The van der Waals surface area contributed by atoms with Gasteiger partial charge in [0.05, 0.1) is 11.2 Å². The van der Waals surface area contributed by atoms with Crippen LogP contribution < -0.4 is 0 Å². The van der Waals surface area contributed by atoms with E-state index in [1.54, 1.807) is 0 Å². The molecular weight excluding hydrogens is 364 g/mol. The minimum atomic E-state index is -0.126. The standard InChI is InChI=1S/C28H30N2/c1-16-12-17(2)19-8-9-20-25(21(19)13-16)28(6,7)22-14-18(15-27(3,4)5)30-23-10-11-29-26(20)24(22)23/h8-14H,15H2,1-7H3. The smallest absolute Gasteiger partial charge is 0.0802 e. The Morgan fingerprint density at radius 2 is 1.70 bits per heavy atom. The second-order valence-electron chi connectivity index (χ2n) is 10.7. The molecule has 2 nitrogen and oxygen atoms in total. The van der Waals surface area contributed by atoms with Crippen molar-refractivity contribution in [3.63, 3.8) is 0 Å². The molecule has 0 atom stereocenters. The van der Waals surface area contributed by atoms with Gasteiger partial charge in [-0.1, -0.05) is 64.4 Å². The van der Waals surface area contributed by atoms with Crippen LogP contribution in [-0.2, 0) is 11.8 Å². The topological polar surface area (TPSA) is 25.8 Å². The second-order valence-corrected chi connectivity index (χ2v) is 10.7. The van der Waals surface area contributed by atoms with Crippen LogP contribution in [0.5, 0.6) is 0 Å². The van der Waals surface area contributed by atoms with Crippen LogP contribution in [0.1, 0.15) is 62.6 Å². The Labute approximate surface area is 179 Å².